The lowest BCUT2D eigenvalue weighted by Gasteiger charge is -2.28. The normalized spacial score (nSPS) is 29.9. The van der Waals surface area contributed by atoms with Gasteiger partial charge in [-0.1, -0.05) is 25.5 Å². The summed E-state index contributed by atoms with van der Waals surface area (Å²) in [5.41, 5.74) is 0. The van der Waals surface area contributed by atoms with Gasteiger partial charge in [-0.2, -0.15) is 0 Å². The third-order valence-corrected chi connectivity index (χ3v) is 2.25. The lowest BCUT2D eigenvalue weighted by atomic mass is 9.57. The van der Waals surface area contributed by atoms with E-state index in [1.807, 2.05) is 14.2 Å². The van der Waals surface area contributed by atoms with Gasteiger partial charge in [0.25, 0.3) is 0 Å². The topological polar surface area (TPSA) is 0 Å². The van der Waals surface area contributed by atoms with Crippen molar-refractivity contribution in [1.29, 1.82) is 0 Å². The predicted octanol–water partition coefficient (Wildman–Crippen LogP) is 3.13. The molecular weight excluding hydrogens is 145 g/mol. The van der Waals surface area contributed by atoms with E-state index in [2.05, 4.69) is 0 Å². The summed E-state index contributed by atoms with van der Waals surface area (Å²) in [6.45, 7) is 2.01. The van der Waals surface area contributed by atoms with Gasteiger partial charge in [0.2, 0.25) is 5.92 Å². The Balaban J connectivity index is 2.34. The van der Waals surface area contributed by atoms with Crippen molar-refractivity contribution in [3.63, 3.8) is 0 Å². The molecule has 0 spiro atoms. The smallest absolute Gasteiger partial charge is 0.207 e. The van der Waals surface area contributed by atoms with Crippen molar-refractivity contribution in [2.75, 3.05) is 0 Å². The van der Waals surface area contributed by atoms with Gasteiger partial charge in [0.05, 0.1) is 0 Å². The monoisotopic (exact) mass is 159 g/mol. The molecule has 0 aromatic heterocycles. The van der Waals surface area contributed by atoms with Crippen LogP contribution in [0.5, 0.6) is 0 Å². The second-order valence-electron chi connectivity index (χ2n) is 3.36. The Morgan fingerprint density at radius 3 is 2.82 bits per heavy atom. The van der Waals surface area contributed by atoms with Gasteiger partial charge in [-0.3, -0.25) is 0 Å². The molecule has 63 valence electrons. The van der Waals surface area contributed by atoms with Crippen LogP contribution in [-0.2, 0) is 0 Å². The van der Waals surface area contributed by atoms with Crippen LogP contribution in [0.2, 0.25) is 12.1 Å². The second-order valence-corrected chi connectivity index (χ2v) is 3.36. The first kappa shape index (κ1) is 9.02. The van der Waals surface area contributed by atoms with Crippen molar-refractivity contribution in [3.05, 3.63) is 0 Å². The predicted molar refractivity (Wildman–Crippen MR) is 43.4 cm³/mol. The molecule has 1 radical (unpaired) electrons. The van der Waals surface area contributed by atoms with E-state index < -0.39 is 5.92 Å². The highest BCUT2D eigenvalue weighted by Crippen LogP contribution is 2.39. The first-order valence-corrected chi connectivity index (χ1v) is 4.35. The van der Waals surface area contributed by atoms with E-state index in [4.69, 9.17) is 0 Å². The van der Waals surface area contributed by atoms with Gasteiger partial charge in [0, 0.05) is 12.8 Å². The van der Waals surface area contributed by atoms with Crippen LogP contribution in [-0.4, -0.2) is 13.2 Å². The van der Waals surface area contributed by atoms with Crippen molar-refractivity contribution >= 4 is 7.28 Å². The van der Waals surface area contributed by atoms with Crippen LogP contribution in [0.1, 0.15) is 32.6 Å². The van der Waals surface area contributed by atoms with Crippen LogP contribution >= 0.6 is 0 Å². The highest BCUT2D eigenvalue weighted by Gasteiger charge is 2.35. The van der Waals surface area contributed by atoms with Crippen LogP contribution in [0.15, 0.2) is 0 Å². The summed E-state index contributed by atoms with van der Waals surface area (Å²) >= 11 is 0. The van der Waals surface area contributed by atoms with Crippen molar-refractivity contribution < 1.29 is 8.78 Å². The fraction of sp³-hybridized carbons (Fsp3) is 1.00. The zero-order valence-corrected chi connectivity index (χ0v) is 6.95. The molecule has 0 aromatic carbocycles. The van der Waals surface area contributed by atoms with Gasteiger partial charge in [-0.15, -0.1) is 0 Å². The molecule has 1 rings (SSSR count). The summed E-state index contributed by atoms with van der Waals surface area (Å²) in [6, 6.07) is 0. The number of halogens is 2. The molecule has 1 aliphatic rings. The molecule has 0 aromatic rings. The zero-order chi connectivity index (χ0) is 8.32. The molecule has 1 saturated carbocycles. The van der Waals surface area contributed by atoms with E-state index in [1.54, 1.807) is 0 Å². The molecular formula is C8H14BF2. The Labute approximate surface area is 67.6 Å². The van der Waals surface area contributed by atoms with Gasteiger partial charge < -0.3 is 0 Å². The summed E-state index contributed by atoms with van der Waals surface area (Å²) in [5, 5.41) is 0. The van der Waals surface area contributed by atoms with E-state index in [1.165, 1.54) is 0 Å². The maximum atomic E-state index is 12.8. The fourth-order valence-electron chi connectivity index (χ4n) is 1.75. The van der Waals surface area contributed by atoms with Crippen molar-refractivity contribution in [2.45, 2.75) is 50.7 Å². The standard InChI is InChI=1S/C8H14BF2/c1-2-9-7-4-3-5-8(10,11)6-7/h7H,2-6H2,1H3. The molecule has 0 saturated heterocycles. The summed E-state index contributed by atoms with van der Waals surface area (Å²) < 4.78 is 25.5. The molecule has 1 aliphatic carbocycles. The molecule has 1 fully saturated rings. The largest absolute Gasteiger partial charge is 0.247 e. The minimum atomic E-state index is -2.38. The Kier molecular flexibility index (Phi) is 2.91. The first-order chi connectivity index (χ1) is 5.14. The second kappa shape index (κ2) is 3.55. The number of hydrogen-bond donors (Lipinski definition) is 0. The fourth-order valence-corrected chi connectivity index (χ4v) is 1.75. The molecule has 3 heteroatoms. The summed E-state index contributed by atoms with van der Waals surface area (Å²) in [7, 11) is 2.02. The minimum absolute atomic E-state index is 0.0842. The summed E-state index contributed by atoms with van der Waals surface area (Å²) in [6.07, 6.45) is 2.75. The van der Waals surface area contributed by atoms with E-state index in [9.17, 15) is 8.78 Å². The van der Waals surface area contributed by atoms with Crippen LogP contribution in [0.3, 0.4) is 0 Å². The molecule has 1 unspecified atom stereocenters. The molecule has 0 aliphatic heterocycles. The SMILES string of the molecule is CC[B]C1CCCC(F)(F)C1. The van der Waals surface area contributed by atoms with Gasteiger partial charge in [0.15, 0.2) is 0 Å². The van der Waals surface area contributed by atoms with Gasteiger partial charge in [0.1, 0.15) is 7.28 Å². The van der Waals surface area contributed by atoms with Crippen LogP contribution in [0, 0.1) is 0 Å². The van der Waals surface area contributed by atoms with Crippen LogP contribution in [0.4, 0.5) is 8.78 Å². The number of rotatable bonds is 2. The Bertz CT molecular complexity index is 123. The van der Waals surface area contributed by atoms with Crippen molar-refractivity contribution in [3.8, 4) is 0 Å². The Hall–Kier alpha value is -0.0751. The van der Waals surface area contributed by atoms with E-state index in [0.29, 0.717) is 6.42 Å². The summed E-state index contributed by atoms with van der Waals surface area (Å²) in [4.78, 5) is 0. The number of alkyl halides is 2. The van der Waals surface area contributed by atoms with E-state index in [0.717, 1.165) is 12.7 Å². The average molecular weight is 159 g/mol. The van der Waals surface area contributed by atoms with Crippen molar-refractivity contribution in [1.82, 2.24) is 0 Å². The molecule has 0 heterocycles. The molecule has 11 heavy (non-hydrogen) atoms. The molecule has 0 N–H and O–H groups in total. The average Bonchev–Trinajstić information content (AvgIpc) is 1.85. The zero-order valence-electron chi connectivity index (χ0n) is 6.95. The molecule has 1 atom stereocenters. The molecule has 0 bridgehead atoms. The Morgan fingerprint density at radius 2 is 2.27 bits per heavy atom. The third-order valence-electron chi connectivity index (χ3n) is 2.25. The van der Waals surface area contributed by atoms with Gasteiger partial charge >= 0.3 is 0 Å². The van der Waals surface area contributed by atoms with Crippen LogP contribution < -0.4 is 0 Å². The third kappa shape index (κ3) is 2.80. The minimum Gasteiger partial charge on any atom is -0.207 e. The molecule has 0 amide bonds. The highest BCUT2D eigenvalue weighted by atomic mass is 19.3. The highest BCUT2D eigenvalue weighted by molar-refractivity contribution is 6.37. The van der Waals surface area contributed by atoms with Crippen molar-refractivity contribution in [2.24, 2.45) is 0 Å². The lowest BCUT2D eigenvalue weighted by molar-refractivity contribution is -0.0335. The van der Waals surface area contributed by atoms with E-state index in [-0.39, 0.29) is 18.7 Å². The maximum absolute atomic E-state index is 12.8. The maximum Gasteiger partial charge on any atom is 0.247 e. The van der Waals surface area contributed by atoms with Gasteiger partial charge in [-0.05, 0) is 6.42 Å². The lowest BCUT2D eigenvalue weighted by Crippen LogP contribution is -2.25. The van der Waals surface area contributed by atoms with Crippen LogP contribution in [0.25, 0.3) is 0 Å². The Morgan fingerprint density at radius 1 is 1.55 bits per heavy atom. The van der Waals surface area contributed by atoms with Gasteiger partial charge in [-0.25, -0.2) is 8.78 Å². The molecule has 0 nitrogen and oxygen atoms in total. The first-order valence-electron chi connectivity index (χ1n) is 4.35. The summed E-state index contributed by atoms with van der Waals surface area (Å²) in [5.74, 6) is -2.21. The van der Waals surface area contributed by atoms with E-state index >= 15 is 0 Å². The quantitative estimate of drug-likeness (QED) is 0.543. The number of hydrogen-bond acceptors (Lipinski definition) is 0.